The van der Waals surface area contributed by atoms with Gasteiger partial charge in [-0.2, -0.15) is 0 Å². The van der Waals surface area contributed by atoms with Crippen LogP contribution in [0.4, 0.5) is 11.4 Å². The van der Waals surface area contributed by atoms with Crippen molar-refractivity contribution in [3.8, 4) is 0 Å². The number of nitrogens with zero attached hydrogens (tertiary/aromatic N) is 2. The Hall–Kier alpha value is -2.60. The van der Waals surface area contributed by atoms with Crippen LogP contribution in [0.25, 0.3) is 0 Å². The van der Waals surface area contributed by atoms with Crippen LogP contribution < -0.4 is 5.32 Å². The van der Waals surface area contributed by atoms with Crippen molar-refractivity contribution in [2.45, 2.75) is 38.9 Å². The van der Waals surface area contributed by atoms with Gasteiger partial charge in [-0.3, -0.25) is 14.5 Å². The number of anilines is 1. The smallest absolute Gasteiger partial charge is 0.242 e. The number of carbonyl (C=O) groups is 2. The molecule has 1 aliphatic rings. The first-order valence-electron chi connectivity index (χ1n) is 9.36. The van der Waals surface area contributed by atoms with Crippen LogP contribution in [-0.2, 0) is 16.0 Å². The number of aryl methyl sites for hydroxylation is 3. The van der Waals surface area contributed by atoms with E-state index in [2.05, 4.69) is 17.2 Å². The fourth-order valence-corrected chi connectivity index (χ4v) is 4.11. The van der Waals surface area contributed by atoms with Gasteiger partial charge in [0.1, 0.15) is 5.25 Å². The topological polar surface area (TPSA) is 61.8 Å². The van der Waals surface area contributed by atoms with Crippen LogP contribution in [0.15, 0.2) is 47.5 Å². The van der Waals surface area contributed by atoms with E-state index in [0.29, 0.717) is 5.17 Å². The standard InChI is InChI=1S/C22H25N3O2S/c1-5-16-8-10-17(11-9-16)23-22-25(4)21(27)19(28-22)13-20(26)24-18-12-14(2)6-7-15(18)3/h6-12,19H,5,13H2,1-4H3,(H,24,26). The second kappa shape index (κ2) is 8.61. The molecule has 0 radical (unpaired) electrons. The molecule has 0 spiro atoms. The zero-order valence-electron chi connectivity index (χ0n) is 16.7. The molecule has 1 saturated heterocycles. The van der Waals surface area contributed by atoms with Gasteiger partial charge in [-0.05, 0) is 55.2 Å². The highest BCUT2D eigenvalue weighted by atomic mass is 32.2. The molecule has 2 aromatic carbocycles. The maximum absolute atomic E-state index is 12.6. The van der Waals surface area contributed by atoms with Crippen molar-refractivity contribution in [3.05, 3.63) is 59.2 Å². The Morgan fingerprint density at radius 2 is 1.89 bits per heavy atom. The molecular formula is C22H25N3O2S. The fourth-order valence-electron chi connectivity index (χ4n) is 2.95. The minimum absolute atomic E-state index is 0.0926. The van der Waals surface area contributed by atoms with Crippen LogP contribution in [0.3, 0.4) is 0 Å². The molecule has 1 heterocycles. The van der Waals surface area contributed by atoms with Crippen LogP contribution in [0.1, 0.15) is 30.0 Å². The number of amidine groups is 1. The quantitative estimate of drug-likeness (QED) is 0.813. The minimum atomic E-state index is -0.455. The lowest BCUT2D eigenvalue weighted by Gasteiger charge is -2.11. The second-order valence-corrected chi connectivity index (χ2v) is 8.16. The Bertz CT molecular complexity index is 922. The van der Waals surface area contributed by atoms with Gasteiger partial charge < -0.3 is 5.32 Å². The van der Waals surface area contributed by atoms with Gasteiger partial charge in [0.2, 0.25) is 11.8 Å². The predicted octanol–water partition coefficient (Wildman–Crippen LogP) is 4.46. The monoisotopic (exact) mass is 395 g/mol. The third-order valence-corrected chi connectivity index (χ3v) is 5.98. The van der Waals surface area contributed by atoms with E-state index in [1.807, 2.05) is 56.3 Å². The summed E-state index contributed by atoms with van der Waals surface area (Å²) in [5.74, 6) is -0.258. The van der Waals surface area contributed by atoms with Gasteiger partial charge >= 0.3 is 0 Å². The van der Waals surface area contributed by atoms with Crippen molar-refractivity contribution < 1.29 is 9.59 Å². The molecule has 5 nitrogen and oxygen atoms in total. The highest BCUT2D eigenvalue weighted by Crippen LogP contribution is 2.31. The first-order chi connectivity index (χ1) is 13.4. The van der Waals surface area contributed by atoms with Crippen molar-refractivity contribution in [2.75, 3.05) is 12.4 Å². The largest absolute Gasteiger partial charge is 0.326 e. The van der Waals surface area contributed by atoms with E-state index in [-0.39, 0.29) is 18.2 Å². The number of hydrogen-bond acceptors (Lipinski definition) is 4. The number of thioether (sulfide) groups is 1. The number of nitrogens with one attached hydrogen (secondary N) is 1. The molecule has 1 unspecified atom stereocenters. The summed E-state index contributed by atoms with van der Waals surface area (Å²) < 4.78 is 0. The van der Waals surface area contributed by atoms with Crippen LogP contribution in [0, 0.1) is 13.8 Å². The van der Waals surface area contributed by atoms with E-state index in [1.165, 1.54) is 22.2 Å². The van der Waals surface area contributed by atoms with E-state index in [1.54, 1.807) is 7.05 Å². The van der Waals surface area contributed by atoms with Gasteiger partial charge in [0.05, 0.1) is 5.69 Å². The number of benzene rings is 2. The Labute approximate surface area is 170 Å². The number of rotatable bonds is 5. The summed E-state index contributed by atoms with van der Waals surface area (Å²) in [6.07, 6.45) is 1.09. The molecule has 0 bridgehead atoms. The normalized spacial score (nSPS) is 18.0. The Morgan fingerprint density at radius 1 is 1.18 bits per heavy atom. The van der Waals surface area contributed by atoms with E-state index in [0.717, 1.165) is 28.9 Å². The number of amides is 2. The molecule has 3 rings (SSSR count). The number of hydrogen-bond donors (Lipinski definition) is 1. The summed E-state index contributed by atoms with van der Waals surface area (Å²) in [4.78, 5) is 31.2. The van der Waals surface area contributed by atoms with Gasteiger partial charge in [0.15, 0.2) is 5.17 Å². The third kappa shape index (κ3) is 4.62. The highest BCUT2D eigenvalue weighted by Gasteiger charge is 2.37. The molecule has 1 aliphatic heterocycles. The molecule has 1 atom stereocenters. The van der Waals surface area contributed by atoms with E-state index < -0.39 is 5.25 Å². The predicted molar refractivity (Wildman–Crippen MR) is 116 cm³/mol. The summed E-state index contributed by atoms with van der Waals surface area (Å²) in [6.45, 7) is 6.04. The van der Waals surface area contributed by atoms with Gasteiger partial charge in [0, 0.05) is 19.2 Å². The van der Waals surface area contributed by atoms with E-state index in [9.17, 15) is 9.59 Å². The van der Waals surface area contributed by atoms with Gasteiger partial charge in [0.25, 0.3) is 0 Å². The average Bonchev–Trinajstić information content (AvgIpc) is 2.93. The SMILES string of the molecule is CCc1ccc(N=C2SC(CC(=O)Nc3cc(C)ccc3C)C(=O)N2C)cc1. The summed E-state index contributed by atoms with van der Waals surface area (Å²) in [6, 6.07) is 13.9. The average molecular weight is 396 g/mol. The molecular weight excluding hydrogens is 370 g/mol. The van der Waals surface area contributed by atoms with Crippen molar-refractivity contribution in [1.82, 2.24) is 4.90 Å². The molecule has 6 heteroatoms. The first kappa shape index (κ1) is 20.1. The molecule has 146 valence electrons. The highest BCUT2D eigenvalue weighted by molar-refractivity contribution is 8.15. The zero-order chi connectivity index (χ0) is 20.3. The van der Waals surface area contributed by atoms with Gasteiger partial charge in [-0.1, -0.05) is 43.0 Å². The lowest BCUT2D eigenvalue weighted by molar-refractivity contribution is -0.127. The van der Waals surface area contributed by atoms with Crippen LogP contribution in [0.2, 0.25) is 0 Å². The van der Waals surface area contributed by atoms with Crippen molar-refractivity contribution in [1.29, 1.82) is 0 Å². The zero-order valence-corrected chi connectivity index (χ0v) is 17.5. The summed E-state index contributed by atoms with van der Waals surface area (Å²) in [5.41, 5.74) is 4.92. The fraction of sp³-hybridized carbons (Fsp3) is 0.318. The summed E-state index contributed by atoms with van der Waals surface area (Å²) in [5, 5.41) is 3.10. The molecule has 0 aliphatic carbocycles. The lowest BCUT2D eigenvalue weighted by Crippen LogP contribution is -2.30. The maximum Gasteiger partial charge on any atom is 0.242 e. The van der Waals surface area contributed by atoms with Crippen LogP contribution in [-0.4, -0.2) is 34.2 Å². The van der Waals surface area contributed by atoms with Crippen LogP contribution >= 0.6 is 11.8 Å². The second-order valence-electron chi connectivity index (χ2n) is 6.99. The molecule has 1 fully saturated rings. The molecule has 2 aromatic rings. The molecule has 2 amide bonds. The van der Waals surface area contributed by atoms with E-state index >= 15 is 0 Å². The Kier molecular flexibility index (Phi) is 6.19. The van der Waals surface area contributed by atoms with E-state index in [4.69, 9.17) is 0 Å². The Morgan fingerprint density at radius 3 is 2.57 bits per heavy atom. The van der Waals surface area contributed by atoms with Gasteiger partial charge in [-0.15, -0.1) is 0 Å². The maximum atomic E-state index is 12.6. The van der Waals surface area contributed by atoms with Crippen molar-refractivity contribution in [2.24, 2.45) is 4.99 Å². The molecule has 28 heavy (non-hydrogen) atoms. The van der Waals surface area contributed by atoms with Crippen molar-refractivity contribution in [3.63, 3.8) is 0 Å². The number of carbonyl (C=O) groups excluding carboxylic acids is 2. The lowest BCUT2D eigenvalue weighted by atomic mass is 10.1. The van der Waals surface area contributed by atoms with Crippen molar-refractivity contribution >= 4 is 40.1 Å². The van der Waals surface area contributed by atoms with Crippen LogP contribution in [0.5, 0.6) is 0 Å². The molecule has 1 N–H and O–H groups in total. The summed E-state index contributed by atoms with van der Waals surface area (Å²) in [7, 11) is 1.71. The molecule has 0 aromatic heterocycles. The Balaban J connectivity index is 1.68. The molecule has 0 saturated carbocycles. The minimum Gasteiger partial charge on any atom is -0.326 e. The first-order valence-corrected chi connectivity index (χ1v) is 10.2. The van der Waals surface area contributed by atoms with Gasteiger partial charge in [-0.25, -0.2) is 4.99 Å². The number of aliphatic imine (C=N–C) groups is 1. The summed E-state index contributed by atoms with van der Waals surface area (Å²) >= 11 is 1.34. The third-order valence-electron chi connectivity index (χ3n) is 4.75.